The molecule has 1 heterocycles. The van der Waals surface area contributed by atoms with Crippen molar-refractivity contribution in [1.29, 1.82) is 0 Å². The van der Waals surface area contributed by atoms with Crippen LogP contribution in [-0.4, -0.2) is 30.3 Å². The number of fused-ring (bicyclic) bond motifs is 1. The van der Waals surface area contributed by atoms with Gasteiger partial charge in [-0.25, -0.2) is 0 Å². The van der Waals surface area contributed by atoms with Gasteiger partial charge in [-0.3, -0.25) is 4.98 Å². The van der Waals surface area contributed by atoms with Gasteiger partial charge in [-0.2, -0.15) is 13.2 Å². The quantitative estimate of drug-likeness (QED) is 0.202. The zero-order valence-corrected chi connectivity index (χ0v) is 21.1. The summed E-state index contributed by atoms with van der Waals surface area (Å²) >= 11 is 0. The molecule has 0 aliphatic heterocycles. The topological polar surface area (TPSA) is 66.4 Å². The van der Waals surface area contributed by atoms with E-state index in [9.17, 15) is 18.3 Å². The lowest BCUT2D eigenvalue weighted by atomic mass is 10.0. The third-order valence-corrected chi connectivity index (χ3v) is 5.93. The van der Waals surface area contributed by atoms with E-state index < -0.39 is 11.7 Å². The number of phenolic OH excluding ortho intramolecular Hbond substituents is 1. The van der Waals surface area contributed by atoms with Crippen molar-refractivity contribution in [1.82, 2.24) is 10.3 Å². The molecule has 0 saturated heterocycles. The zero-order chi connectivity index (χ0) is 25.5. The molecule has 196 valence electrons. The summed E-state index contributed by atoms with van der Waals surface area (Å²) in [5.74, 6) is 0.611. The maximum Gasteiger partial charge on any atom is 0.416 e. The second-order valence-electron chi connectivity index (χ2n) is 8.51. The van der Waals surface area contributed by atoms with Gasteiger partial charge in [0.25, 0.3) is 0 Å². The summed E-state index contributed by atoms with van der Waals surface area (Å²) < 4.78 is 44.2. The Morgan fingerprint density at radius 3 is 2.51 bits per heavy atom. The summed E-state index contributed by atoms with van der Waals surface area (Å²) in [6.07, 6.45) is -1.37. The van der Waals surface area contributed by atoms with E-state index in [0.717, 1.165) is 53.3 Å². The molecule has 0 aliphatic rings. The number of alkyl halides is 3. The van der Waals surface area contributed by atoms with E-state index >= 15 is 0 Å². The molecule has 4 aromatic rings. The Kier molecular flexibility index (Phi) is 9.60. The van der Waals surface area contributed by atoms with Crippen molar-refractivity contribution in [3.63, 3.8) is 0 Å². The van der Waals surface area contributed by atoms with E-state index in [1.165, 1.54) is 19.2 Å². The number of benzene rings is 3. The van der Waals surface area contributed by atoms with Crippen LogP contribution in [0.4, 0.5) is 18.9 Å². The number of anilines is 1. The molecular formula is C28H29ClF3N3O2. The number of hydrogen-bond acceptors (Lipinski definition) is 5. The Bertz CT molecular complexity index is 1330. The number of pyridine rings is 1. The second-order valence-corrected chi connectivity index (χ2v) is 8.51. The number of phenols is 1. The molecule has 0 aliphatic carbocycles. The normalized spacial score (nSPS) is 11.2. The van der Waals surface area contributed by atoms with Crippen molar-refractivity contribution in [3.8, 4) is 11.5 Å². The predicted molar refractivity (Wildman–Crippen MR) is 143 cm³/mol. The number of ether oxygens (including phenoxy) is 1. The number of nitrogens with one attached hydrogen (secondary N) is 2. The van der Waals surface area contributed by atoms with Crippen molar-refractivity contribution in [3.05, 3.63) is 95.2 Å². The highest BCUT2D eigenvalue weighted by Gasteiger charge is 2.30. The van der Waals surface area contributed by atoms with Crippen molar-refractivity contribution in [2.45, 2.75) is 25.6 Å². The summed E-state index contributed by atoms with van der Waals surface area (Å²) in [5, 5.41) is 17.9. The zero-order valence-electron chi connectivity index (χ0n) is 20.3. The number of rotatable bonds is 10. The highest BCUT2D eigenvalue weighted by molar-refractivity contribution is 5.91. The third-order valence-electron chi connectivity index (χ3n) is 5.93. The molecule has 0 atom stereocenters. The molecule has 4 rings (SSSR count). The highest BCUT2D eigenvalue weighted by atomic mass is 35.5. The molecule has 0 fully saturated rings. The number of methoxy groups -OCH3 is 1. The monoisotopic (exact) mass is 531 g/mol. The fourth-order valence-electron chi connectivity index (χ4n) is 4.09. The second kappa shape index (κ2) is 12.7. The van der Waals surface area contributed by atoms with Gasteiger partial charge in [0.1, 0.15) is 0 Å². The van der Waals surface area contributed by atoms with Crippen LogP contribution in [0.5, 0.6) is 11.5 Å². The third kappa shape index (κ3) is 7.27. The Hall–Kier alpha value is -3.49. The molecule has 0 spiro atoms. The first-order chi connectivity index (χ1) is 17.3. The Labute approximate surface area is 220 Å². The lowest BCUT2D eigenvalue weighted by Gasteiger charge is -2.12. The molecule has 0 bridgehead atoms. The minimum Gasteiger partial charge on any atom is -0.504 e. The molecule has 0 amide bonds. The first-order valence-corrected chi connectivity index (χ1v) is 11.7. The smallest absolute Gasteiger partial charge is 0.416 e. The highest BCUT2D eigenvalue weighted by Crippen LogP contribution is 2.31. The minimum atomic E-state index is -4.35. The maximum atomic E-state index is 13.0. The van der Waals surface area contributed by atoms with E-state index in [2.05, 4.69) is 15.6 Å². The van der Waals surface area contributed by atoms with E-state index in [-0.39, 0.29) is 18.2 Å². The van der Waals surface area contributed by atoms with Gasteiger partial charge in [0.05, 0.1) is 18.2 Å². The lowest BCUT2D eigenvalue weighted by Crippen LogP contribution is -2.17. The average molecular weight is 532 g/mol. The van der Waals surface area contributed by atoms with Gasteiger partial charge in [0.2, 0.25) is 0 Å². The first-order valence-electron chi connectivity index (χ1n) is 11.7. The van der Waals surface area contributed by atoms with Crippen LogP contribution in [0.1, 0.15) is 28.7 Å². The summed E-state index contributed by atoms with van der Waals surface area (Å²) in [6, 6.07) is 18.6. The molecule has 9 heteroatoms. The standard InChI is InChI=1S/C28H28F3N3O2.ClH/c1-36-26-8-3-6-21(27(26)35)18-32-12-4-13-33-24-11-14-34-25-17-20(9-10-23(24)25)15-19-5-2-7-22(16-19)28(29,30)31;/h2-3,5-11,14,16-17,32,35H,4,12-13,15,18H2,1H3,(H,33,34);1H. The van der Waals surface area contributed by atoms with Crippen LogP contribution in [0.2, 0.25) is 0 Å². The maximum absolute atomic E-state index is 13.0. The Morgan fingerprint density at radius 1 is 0.946 bits per heavy atom. The van der Waals surface area contributed by atoms with Crippen LogP contribution in [0.25, 0.3) is 10.9 Å². The summed E-state index contributed by atoms with van der Waals surface area (Å²) in [5.41, 5.74) is 3.39. The Balaban J connectivity index is 0.00000380. The fourth-order valence-corrected chi connectivity index (χ4v) is 4.09. The summed E-state index contributed by atoms with van der Waals surface area (Å²) in [7, 11) is 1.53. The number of para-hydroxylation sites is 1. The number of nitrogens with zero attached hydrogens (tertiary/aromatic N) is 1. The molecule has 3 N–H and O–H groups in total. The molecule has 0 saturated carbocycles. The Morgan fingerprint density at radius 2 is 1.73 bits per heavy atom. The van der Waals surface area contributed by atoms with Gasteiger partial charge in [0, 0.05) is 35.9 Å². The molecule has 37 heavy (non-hydrogen) atoms. The minimum absolute atomic E-state index is 0. The number of halogens is 4. The van der Waals surface area contributed by atoms with Crippen molar-refractivity contribution < 1.29 is 23.0 Å². The summed E-state index contributed by atoms with van der Waals surface area (Å²) in [6.45, 7) is 2.03. The number of aromatic nitrogens is 1. The van der Waals surface area contributed by atoms with Gasteiger partial charge >= 0.3 is 6.18 Å². The molecule has 0 unspecified atom stereocenters. The largest absolute Gasteiger partial charge is 0.504 e. The van der Waals surface area contributed by atoms with E-state index in [1.807, 2.05) is 36.4 Å². The SMILES string of the molecule is COc1cccc(CNCCCNc2ccnc3cc(Cc4cccc(C(F)(F)F)c4)ccc23)c1O.Cl. The predicted octanol–water partition coefficient (Wildman–Crippen LogP) is 6.57. The van der Waals surface area contributed by atoms with Gasteiger partial charge in [-0.1, -0.05) is 42.5 Å². The van der Waals surface area contributed by atoms with Crippen molar-refractivity contribution >= 4 is 29.0 Å². The van der Waals surface area contributed by atoms with Crippen molar-refractivity contribution in [2.75, 3.05) is 25.5 Å². The first kappa shape index (κ1) is 28.1. The van der Waals surface area contributed by atoms with Gasteiger partial charge in [-0.15, -0.1) is 12.4 Å². The lowest BCUT2D eigenvalue weighted by molar-refractivity contribution is -0.137. The van der Waals surface area contributed by atoms with Crippen molar-refractivity contribution in [2.24, 2.45) is 0 Å². The van der Waals surface area contributed by atoms with Crippen LogP contribution in [0.15, 0.2) is 72.9 Å². The molecule has 3 aromatic carbocycles. The van der Waals surface area contributed by atoms with E-state index in [1.54, 1.807) is 18.3 Å². The van der Waals surface area contributed by atoms with E-state index in [0.29, 0.717) is 24.3 Å². The molecule has 0 radical (unpaired) electrons. The van der Waals surface area contributed by atoms with Crippen LogP contribution >= 0.6 is 12.4 Å². The molecule has 5 nitrogen and oxygen atoms in total. The van der Waals surface area contributed by atoms with Crippen LogP contribution in [0, 0.1) is 0 Å². The summed E-state index contributed by atoms with van der Waals surface area (Å²) in [4.78, 5) is 4.45. The van der Waals surface area contributed by atoms with Crippen LogP contribution < -0.4 is 15.4 Å². The molecular weight excluding hydrogens is 503 g/mol. The van der Waals surface area contributed by atoms with Gasteiger partial charge < -0.3 is 20.5 Å². The van der Waals surface area contributed by atoms with Crippen LogP contribution in [0.3, 0.4) is 0 Å². The molecule has 1 aromatic heterocycles. The van der Waals surface area contributed by atoms with Gasteiger partial charge in [0.15, 0.2) is 11.5 Å². The van der Waals surface area contributed by atoms with Gasteiger partial charge in [-0.05, 0) is 54.8 Å². The average Bonchev–Trinajstić information content (AvgIpc) is 2.86. The van der Waals surface area contributed by atoms with Crippen LogP contribution in [-0.2, 0) is 19.1 Å². The number of hydrogen-bond donors (Lipinski definition) is 3. The number of aromatic hydroxyl groups is 1. The fraction of sp³-hybridized carbons (Fsp3) is 0.250. The van der Waals surface area contributed by atoms with E-state index in [4.69, 9.17) is 4.74 Å².